The van der Waals surface area contributed by atoms with E-state index in [1.54, 1.807) is 12.3 Å². The molecule has 4 aromatic rings. The summed E-state index contributed by atoms with van der Waals surface area (Å²) >= 11 is 0. The third kappa shape index (κ3) is 3.34. The van der Waals surface area contributed by atoms with Gasteiger partial charge in [-0.2, -0.15) is 0 Å². The molecule has 0 amide bonds. The second-order valence-electron chi connectivity index (χ2n) is 6.95. The molecule has 29 heavy (non-hydrogen) atoms. The Morgan fingerprint density at radius 1 is 0.931 bits per heavy atom. The summed E-state index contributed by atoms with van der Waals surface area (Å²) in [6.45, 7) is 4.00. The number of aromatic hydroxyl groups is 1. The monoisotopic (exact) mass is 382 g/mol. The van der Waals surface area contributed by atoms with Crippen LogP contribution in [0.25, 0.3) is 16.5 Å². The minimum Gasteiger partial charge on any atom is -0.494 e. The Hall–Kier alpha value is -3.66. The zero-order valence-electron chi connectivity index (χ0n) is 16.5. The molecule has 1 aromatic heterocycles. The lowest BCUT2D eigenvalue weighted by Crippen LogP contribution is -2.20. The highest BCUT2D eigenvalue weighted by Crippen LogP contribution is 2.28. The number of benzene rings is 3. The number of hydrogen-bond acceptors (Lipinski definition) is 3. The molecule has 0 aliphatic heterocycles. The largest absolute Gasteiger partial charge is 0.494 e. The van der Waals surface area contributed by atoms with Crippen LogP contribution >= 0.6 is 0 Å². The first kappa shape index (κ1) is 18.7. The molecule has 0 aliphatic carbocycles. The Bertz CT molecular complexity index is 1290. The van der Waals surface area contributed by atoms with Gasteiger partial charge in [0.2, 0.25) is 5.88 Å². The number of aryl methyl sites for hydroxylation is 2. The van der Waals surface area contributed by atoms with Gasteiger partial charge >= 0.3 is 0 Å². The van der Waals surface area contributed by atoms with Crippen LogP contribution in [-0.2, 0) is 6.42 Å². The molecule has 144 valence electrons. The van der Waals surface area contributed by atoms with Crippen LogP contribution in [0.15, 0.2) is 82.6 Å². The van der Waals surface area contributed by atoms with Gasteiger partial charge in [-0.05, 0) is 42.7 Å². The molecule has 1 heterocycles. The predicted molar refractivity (Wildman–Crippen MR) is 119 cm³/mol. The van der Waals surface area contributed by atoms with Crippen molar-refractivity contribution in [3.05, 3.63) is 99.8 Å². The molecule has 4 rings (SSSR count). The van der Waals surface area contributed by atoms with Gasteiger partial charge in [-0.25, -0.2) is 4.57 Å². The summed E-state index contributed by atoms with van der Waals surface area (Å²) in [6, 6.07) is 22.7. The van der Waals surface area contributed by atoms with E-state index in [-0.39, 0.29) is 11.4 Å². The maximum Gasteiger partial charge on any atom is 0.265 e. The molecule has 4 nitrogen and oxygen atoms in total. The molecular formula is C25H22N2O2. The Labute approximate surface area is 169 Å². The maximum absolute atomic E-state index is 13.2. The van der Waals surface area contributed by atoms with E-state index in [1.807, 2.05) is 73.7 Å². The number of fused-ring (bicyclic) bond motifs is 1. The van der Waals surface area contributed by atoms with Crippen molar-refractivity contribution >= 4 is 22.7 Å². The SMILES string of the molecule is CCc1ccccc1N=Cc1c(O)n(-c2ccccc2C)c(=O)c2ccccc12. The summed E-state index contributed by atoms with van der Waals surface area (Å²) in [5.41, 5.74) is 3.81. The van der Waals surface area contributed by atoms with Crippen molar-refractivity contribution in [2.75, 3.05) is 0 Å². The summed E-state index contributed by atoms with van der Waals surface area (Å²) < 4.78 is 1.37. The van der Waals surface area contributed by atoms with Gasteiger partial charge in [0.25, 0.3) is 5.56 Å². The number of aromatic nitrogens is 1. The number of aliphatic imine (C=N–C) groups is 1. The predicted octanol–water partition coefficient (Wildman–Crippen LogP) is 5.32. The highest BCUT2D eigenvalue weighted by Gasteiger charge is 2.17. The van der Waals surface area contributed by atoms with E-state index in [1.165, 1.54) is 4.57 Å². The lowest BCUT2D eigenvalue weighted by atomic mass is 10.1. The number of rotatable bonds is 4. The maximum atomic E-state index is 13.2. The van der Waals surface area contributed by atoms with Crippen molar-refractivity contribution in [1.29, 1.82) is 0 Å². The molecule has 0 unspecified atom stereocenters. The van der Waals surface area contributed by atoms with Crippen LogP contribution in [0.1, 0.15) is 23.6 Å². The molecular weight excluding hydrogens is 360 g/mol. The van der Waals surface area contributed by atoms with Crippen molar-refractivity contribution in [3.8, 4) is 11.6 Å². The van der Waals surface area contributed by atoms with Crippen molar-refractivity contribution in [1.82, 2.24) is 4.57 Å². The first-order valence-corrected chi connectivity index (χ1v) is 9.66. The molecule has 0 aliphatic rings. The fourth-order valence-electron chi connectivity index (χ4n) is 3.60. The average molecular weight is 382 g/mol. The summed E-state index contributed by atoms with van der Waals surface area (Å²) in [5.74, 6) is -0.110. The fraction of sp³-hybridized carbons (Fsp3) is 0.120. The molecule has 0 atom stereocenters. The standard InChI is InChI=1S/C25H22N2O2/c1-3-18-11-5-8-14-22(18)26-16-21-19-12-6-7-13-20(19)24(28)27(25(21)29)23-15-9-4-10-17(23)2/h4-16,29H,3H2,1-2H3. The summed E-state index contributed by atoms with van der Waals surface area (Å²) in [4.78, 5) is 17.8. The number of hydrogen-bond donors (Lipinski definition) is 1. The van der Waals surface area contributed by atoms with E-state index in [0.29, 0.717) is 22.0 Å². The number of pyridine rings is 1. The smallest absolute Gasteiger partial charge is 0.265 e. The first-order chi connectivity index (χ1) is 14.1. The zero-order chi connectivity index (χ0) is 20.4. The molecule has 4 heteroatoms. The topological polar surface area (TPSA) is 54.6 Å². The zero-order valence-corrected chi connectivity index (χ0v) is 16.5. The van der Waals surface area contributed by atoms with E-state index < -0.39 is 0 Å². The van der Waals surface area contributed by atoms with Crippen molar-refractivity contribution in [2.24, 2.45) is 4.99 Å². The lowest BCUT2D eigenvalue weighted by Gasteiger charge is -2.15. The van der Waals surface area contributed by atoms with Gasteiger partial charge in [0.15, 0.2) is 0 Å². The van der Waals surface area contributed by atoms with Crippen LogP contribution in [0.2, 0.25) is 0 Å². The molecule has 0 saturated carbocycles. The highest BCUT2D eigenvalue weighted by atomic mass is 16.3. The first-order valence-electron chi connectivity index (χ1n) is 9.66. The van der Waals surface area contributed by atoms with Crippen LogP contribution in [0, 0.1) is 6.92 Å². The fourth-order valence-corrected chi connectivity index (χ4v) is 3.60. The van der Waals surface area contributed by atoms with Gasteiger partial charge < -0.3 is 5.11 Å². The van der Waals surface area contributed by atoms with E-state index in [9.17, 15) is 9.90 Å². The third-order valence-corrected chi connectivity index (χ3v) is 5.17. The minimum absolute atomic E-state index is 0.110. The summed E-state index contributed by atoms with van der Waals surface area (Å²) in [6.07, 6.45) is 2.52. The Morgan fingerprint density at radius 3 is 2.34 bits per heavy atom. The second kappa shape index (κ2) is 7.76. The number of para-hydroxylation sites is 2. The Morgan fingerprint density at radius 2 is 1.59 bits per heavy atom. The van der Waals surface area contributed by atoms with Crippen LogP contribution in [0.5, 0.6) is 5.88 Å². The molecule has 0 saturated heterocycles. The molecule has 0 spiro atoms. The highest BCUT2D eigenvalue weighted by molar-refractivity contribution is 6.02. The molecule has 0 bridgehead atoms. The van der Waals surface area contributed by atoms with E-state index in [4.69, 9.17) is 0 Å². The number of nitrogens with zero attached hydrogens (tertiary/aromatic N) is 2. The van der Waals surface area contributed by atoms with Crippen LogP contribution in [-0.4, -0.2) is 15.9 Å². The van der Waals surface area contributed by atoms with Crippen LogP contribution in [0.4, 0.5) is 5.69 Å². The summed E-state index contributed by atoms with van der Waals surface area (Å²) in [7, 11) is 0. The van der Waals surface area contributed by atoms with Gasteiger partial charge in [-0.1, -0.05) is 61.5 Å². The Balaban J connectivity index is 2.00. The molecule has 0 fully saturated rings. The second-order valence-corrected chi connectivity index (χ2v) is 6.95. The van der Waals surface area contributed by atoms with Crippen molar-refractivity contribution in [2.45, 2.75) is 20.3 Å². The van der Waals surface area contributed by atoms with Crippen molar-refractivity contribution in [3.63, 3.8) is 0 Å². The van der Waals surface area contributed by atoms with Crippen LogP contribution < -0.4 is 5.56 Å². The van der Waals surface area contributed by atoms with Gasteiger partial charge in [-0.15, -0.1) is 0 Å². The van der Waals surface area contributed by atoms with E-state index in [2.05, 4.69) is 11.9 Å². The van der Waals surface area contributed by atoms with Gasteiger partial charge in [-0.3, -0.25) is 9.79 Å². The van der Waals surface area contributed by atoms with Crippen LogP contribution in [0.3, 0.4) is 0 Å². The van der Waals surface area contributed by atoms with Gasteiger partial charge in [0.05, 0.1) is 16.9 Å². The molecule has 0 radical (unpaired) electrons. The van der Waals surface area contributed by atoms with E-state index >= 15 is 0 Å². The molecule has 3 aromatic carbocycles. The third-order valence-electron chi connectivity index (χ3n) is 5.17. The quantitative estimate of drug-likeness (QED) is 0.486. The van der Waals surface area contributed by atoms with E-state index in [0.717, 1.165) is 23.2 Å². The van der Waals surface area contributed by atoms with Gasteiger partial charge in [0.1, 0.15) is 0 Å². The summed E-state index contributed by atoms with van der Waals surface area (Å²) in [5, 5.41) is 12.3. The Kier molecular flexibility index (Phi) is 5.00. The van der Waals surface area contributed by atoms with Crippen molar-refractivity contribution < 1.29 is 5.11 Å². The normalized spacial score (nSPS) is 11.4. The van der Waals surface area contributed by atoms with Gasteiger partial charge in [0, 0.05) is 17.0 Å². The average Bonchev–Trinajstić information content (AvgIpc) is 2.75. The lowest BCUT2D eigenvalue weighted by molar-refractivity contribution is 0.436. The molecule has 1 N–H and O–H groups in total. The minimum atomic E-state index is -0.251.